The van der Waals surface area contributed by atoms with Gasteiger partial charge in [-0.25, -0.2) is 4.39 Å². The molecule has 2 nitrogen and oxygen atoms in total. The van der Waals surface area contributed by atoms with E-state index < -0.39 is 0 Å². The molecule has 1 aliphatic rings. The summed E-state index contributed by atoms with van der Waals surface area (Å²) >= 11 is 4.81. The van der Waals surface area contributed by atoms with Crippen LogP contribution < -0.4 is 10.6 Å². The first-order valence-corrected chi connectivity index (χ1v) is 6.72. The van der Waals surface area contributed by atoms with E-state index in [0.717, 1.165) is 18.8 Å². The molecule has 2 rings (SSSR count). The third kappa shape index (κ3) is 2.80. The highest BCUT2D eigenvalue weighted by Gasteiger charge is 2.22. The van der Waals surface area contributed by atoms with Crippen LogP contribution in [0.25, 0.3) is 0 Å². The first-order valence-electron chi connectivity index (χ1n) is 6.31. The van der Waals surface area contributed by atoms with E-state index in [1.54, 1.807) is 12.1 Å². The molecule has 0 spiro atoms. The minimum Gasteiger partial charge on any atom is -0.389 e. The second-order valence-electron chi connectivity index (χ2n) is 5.38. The van der Waals surface area contributed by atoms with Crippen molar-refractivity contribution in [3.8, 4) is 0 Å². The van der Waals surface area contributed by atoms with Gasteiger partial charge in [0, 0.05) is 24.3 Å². The normalized spacial score (nSPS) is 24.1. The van der Waals surface area contributed by atoms with Crippen LogP contribution in [0.5, 0.6) is 0 Å². The average molecular weight is 266 g/mol. The summed E-state index contributed by atoms with van der Waals surface area (Å²) < 4.78 is 13.9. The number of hydrogen-bond donors (Lipinski definition) is 1. The van der Waals surface area contributed by atoms with Gasteiger partial charge in [0.05, 0.1) is 0 Å². The van der Waals surface area contributed by atoms with Gasteiger partial charge in [-0.2, -0.15) is 0 Å². The number of thiocarbonyl (C=S) groups is 1. The molecule has 0 aromatic heterocycles. The highest BCUT2D eigenvalue weighted by atomic mass is 32.1. The fourth-order valence-corrected chi connectivity index (χ4v) is 2.94. The molecule has 0 radical (unpaired) electrons. The van der Waals surface area contributed by atoms with Gasteiger partial charge in [0.1, 0.15) is 10.8 Å². The standard InChI is InChI=1S/C14H19FN2S/c1-9-5-10(2)8-17(7-9)11-3-4-12(14(16)18)13(15)6-11/h3-4,6,9-10H,5,7-8H2,1-2H3,(H2,16,18). The van der Waals surface area contributed by atoms with Gasteiger partial charge in [-0.15, -0.1) is 0 Å². The summed E-state index contributed by atoms with van der Waals surface area (Å²) in [7, 11) is 0. The van der Waals surface area contributed by atoms with E-state index in [1.807, 2.05) is 6.07 Å². The van der Waals surface area contributed by atoms with Crippen LogP contribution >= 0.6 is 12.2 Å². The Morgan fingerprint density at radius 2 is 1.94 bits per heavy atom. The van der Waals surface area contributed by atoms with Crippen LogP contribution in [0, 0.1) is 17.7 Å². The molecular formula is C14H19FN2S. The number of benzene rings is 1. The third-order valence-corrected chi connectivity index (χ3v) is 3.67. The maximum absolute atomic E-state index is 13.9. The Balaban J connectivity index is 2.23. The maximum atomic E-state index is 13.9. The van der Waals surface area contributed by atoms with E-state index >= 15 is 0 Å². The molecular weight excluding hydrogens is 247 g/mol. The molecule has 0 aliphatic carbocycles. The number of halogens is 1. The molecule has 98 valence electrons. The van der Waals surface area contributed by atoms with Crippen molar-refractivity contribution in [1.82, 2.24) is 0 Å². The molecule has 2 atom stereocenters. The topological polar surface area (TPSA) is 29.3 Å². The lowest BCUT2D eigenvalue weighted by atomic mass is 9.91. The molecule has 1 aliphatic heterocycles. The molecule has 0 bridgehead atoms. The summed E-state index contributed by atoms with van der Waals surface area (Å²) in [6.07, 6.45) is 1.24. The van der Waals surface area contributed by atoms with Crippen LogP contribution in [0.15, 0.2) is 18.2 Å². The molecule has 1 saturated heterocycles. The van der Waals surface area contributed by atoms with Crippen LogP contribution in [0.4, 0.5) is 10.1 Å². The molecule has 1 aromatic rings. The number of hydrogen-bond acceptors (Lipinski definition) is 2. The minimum absolute atomic E-state index is 0.111. The van der Waals surface area contributed by atoms with E-state index in [4.69, 9.17) is 18.0 Å². The van der Waals surface area contributed by atoms with Crippen molar-refractivity contribution in [3.63, 3.8) is 0 Å². The van der Waals surface area contributed by atoms with E-state index in [-0.39, 0.29) is 10.8 Å². The lowest BCUT2D eigenvalue weighted by Crippen LogP contribution is -2.38. The third-order valence-electron chi connectivity index (χ3n) is 3.45. The van der Waals surface area contributed by atoms with Crippen molar-refractivity contribution in [3.05, 3.63) is 29.6 Å². The molecule has 1 aromatic carbocycles. The highest BCUT2D eigenvalue weighted by molar-refractivity contribution is 7.80. The summed E-state index contributed by atoms with van der Waals surface area (Å²) in [6.45, 7) is 6.44. The van der Waals surface area contributed by atoms with Crippen LogP contribution in [-0.4, -0.2) is 18.1 Å². The lowest BCUT2D eigenvalue weighted by molar-refractivity contribution is 0.356. The van der Waals surface area contributed by atoms with E-state index in [2.05, 4.69) is 18.7 Å². The molecule has 1 heterocycles. The number of rotatable bonds is 2. The van der Waals surface area contributed by atoms with Crippen molar-refractivity contribution < 1.29 is 4.39 Å². The Hall–Kier alpha value is -1.16. The van der Waals surface area contributed by atoms with Gasteiger partial charge in [0.2, 0.25) is 0 Å². The van der Waals surface area contributed by atoms with Gasteiger partial charge in [-0.1, -0.05) is 26.1 Å². The zero-order valence-electron chi connectivity index (χ0n) is 10.8. The number of anilines is 1. The fourth-order valence-electron chi connectivity index (χ4n) is 2.77. The van der Waals surface area contributed by atoms with Gasteiger partial charge in [-0.05, 0) is 36.5 Å². The summed E-state index contributed by atoms with van der Waals surface area (Å²) in [5.74, 6) is 0.963. The largest absolute Gasteiger partial charge is 0.389 e. The number of nitrogens with zero attached hydrogens (tertiary/aromatic N) is 1. The number of nitrogens with two attached hydrogens (primary N) is 1. The molecule has 2 unspecified atom stereocenters. The summed E-state index contributed by atoms with van der Waals surface area (Å²) in [5, 5.41) is 0. The summed E-state index contributed by atoms with van der Waals surface area (Å²) in [4.78, 5) is 2.35. The van der Waals surface area contributed by atoms with Crippen molar-refractivity contribution in [2.45, 2.75) is 20.3 Å². The molecule has 4 heteroatoms. The average Bonchev–Trinajstić information content (AvgIpc) is 2.26. The van der Waals surface area contributed by atoms with Crippen molar-refractivity contribution >= 4 is 22.9 Å². The van der Waals surface area contributed by atoms with Gasteiger partial charge in [0.25, 0.3) is 0 Å². The van der Waals surface area contributed by atoms with Crippen molar-refractivity contribution in [2.75, 3.05) is 18.0 Å². The second kappa shape index (κ2) is 5.22. The zero-order chi connectivity index (χ0) is 13.3. The Morgan fingerprint density at radius 3 is 2.44 bits per heavy atom. The van der Waals surface area contributed by atoms with E-state index in [0.29, 0.717) is 17.4 Å². The monoisotopic (exact) mass is 266 g/mol. The first kappa shape index (κ1) is 13.3. The Morgan fingerprint density at radius 1 is 1.33 bits per heavy atom. The second-order valence-corrected chi connectivity index (χ2v) is 5.82. The van der Waals surface area contributed by atoms with Gasteiger partial charge in [-0.3, -0.25) is 0 Å². The molecule has 2 N–H and O–H groups in total. The van der Waals surface area contributed by atoms with Crippen LogP contribution in [-0.2, 0) is 0 Å². The number of piperidine rings is 1. The SMILES string of the molecule is CC1CC(C)CN(c2ccc(C(N)=S)c(F)c2)C1. The predicted octanol–water partition coefficient (Wildman–Crippen LogP) is 2.94. The van der Waals surface area contributed by atoms with Crippen LogP contribution in [0.2, 0.25) is 0 Å². The van der Waals surface area contributed by atoms with E-state index in [1.165, 1.54) is 6.42 Å². The molecule has 0 amide bonds. The van der Waals surface area contributed by atoms with Crippen molar-refractivity contribution in [2.24, 2.45) is 17.6 Å². The highest BCUT2D eigenvalue weighted by Crippen LogP contribution is 2.27. The maximum Gasteiger partial charge on any atom is 0.135 e. The van der Waals surface area contributed by atoms with Crippen molar-refractivity contribution in [1.29, 1.82) is 0 Å². The van der Waals surface area contributed by atoms with E-state index in [9.17, 15) is 4.39 Å². The molecule has 1 fully saturated rings. The fraction of sp³-hybridized carbons (Fsp3) is 0.500. The first-order chi connectivity index (χ1) is 8.47. The molecule has 18 heavy (non-hydrogen) atoms. The molecule has 0 saturated carbocycles. The van der Waals surface area contributed by atoms with Gasteiger partial charge >= 0.3 is 0 Å². The van der Waals surface area contributed by atoms with Crippen LogP contribution in [0.3, 0.4) is 0 Å². The predicted molar refractivity (Wildman–Crippen MR) is 77.4 cm³/mol. The Kier molecular flexibility index (Phi) is 3.85. The Bertz CT molecular complexity index is 451. The van der Waals surface area contributed by atoms with Gasteiger partial charge < -0.3 is 10.6 Å². The van der Waals surface area contributed by atoms with Gasteiger partial charge in [0.15, 0.2) is 0 Å². The van der Waals surface area contributed by atoms with Crippen LogP contribution in [0.1, 0.15) is 25.8 Å². The quantitative estimate of drug-likeness (QED) is 0.835. The lowest BCUT2D eigenvalue weighted by Gasteiger charge is -2.36. The summed E-state index contributed by atoms with van der Waals surface area (Å²) in [6, 6.07) is 5.12. The minimum atomic E-state index is -0.328. The Labute approximate surface area is 113 Å². The smallest absolute Gasteiger partial charge is 0.135 e. The summed E-state index contributed by atoms with van der Waals surface area (Å²) in [5.41, 5.74) is 6.71. The zero-order valence-corrected chi connectivity index (χ0v) is 11.6.